The molecule has 1 N–H and O–H groups in total. The molecule has 0 fully saturated rings. The van der Waals surface area contributed by atoms with E-state index < -0.39 is 36.1 Å². The fourth-order valence-corrected chi connectivity index (χ4v) is 4.02. The first-order chi connectivity index (χ1) is 16.1. The van der Waals surface area contributed by atoms with Gasteiger partial charge < -0.3 is 0 Å². The van der Waals surface area contributed by atoms with E-state index in [9.17, 15) is 28.6 Å². The molecule has 0 spiro atoms. The van der Waals surface area contributed by atoms with Crippen LogP contribution in [0, 0.1) is 20.2 Å². The average Bonchev–Trinajstić information content (AvgIpc) is 2.83. The third kappa shape index (κ3) is 5.70. The zero-order chi connectivity index (χ0) is 24.9. The van der Waals surface area contributed by atoms with Crippen LogP contribution in [0.2, 0.25) is 0 Å². The van der Waals surface area contributed by atoms with E-state index in [4.69, 9.17) is 0 Å². The Hall–Kier alpha value is -4.38. The van der Waals surface area contributed by atoms with Crippen molar-refractivity contribution in [3.8, 4) is 11.1 Å². The molecule has 0 atom stereocenters. The summed E-state index contributed by atoms with van der Waals surface area (Å²) >= 11 is 0. The lowest BCUT2D eigenvalue weighted by Crippen LogP contribution is -2.19. The highest BCUT2D eigenvalue weighted by atomic mass is 32.2. The second-order valence-corrected chi connectivity index (χ2v) is 8.94. The molecule has 0 unspecified atom stereocenters. The van der Waals surface area contributed by atoms with Gasteiger partial charge in [-0.3, -0.25) is 20.2 Å². The molecule has 34 heavy (non-hydrogen) atoms. The van der Waals surface area contributed by atoms with Crippen LogP contribution in [0.3, 0.4) is 0 Å². The zero-order valence-corrected chi connectivity index (χ0v) is 19.0. The van der Waals surface area contributed by atoms with Crippen molar-refractivity contribution in [2.45, 2.75) is 18.7 Å². The maximum atomic E-state index is 12.5. The molecule has 0 heterocycles. The van der Waals surface area contributed by atoms with Crippen LogP contribution < -0.4 is 4.83 Å². The fourth-order valence-electron chi connectivity index (χ4n) is 3.14. The summed E-state index contributed by atoms with van der Waals surface area (Å²) in [5.74, 6) is 0. The molecule has 10 nitrogen and oxygen atoms in total. The van der Waals surface area contributed by atoms with Crippen molar-refractivity contribution in [2.75, 3.05) is 0 Å². The largest absolute Gasteiger partial charge is 0.347 e. The summed E-state index contributed by atoms with van der Waals surface area (Å²) in [5.41, 5.74) is 2.52. The Morgan fingerprint density at radius 1 is 0.853 bits per heavy atom. The molecule has 0 aliphatic heterocycles. The minimum atomic E-state index is -4.28. The lowest BCUT2D eigenvalue weighted by atomic mass is 10.0. The summed E-state index contributed by atoms with van der Waals surface area (Å²) in [7, 11) is -4.28. The summed E-state index contributed by atoms with van der Waals surface area (Å²) in [6, 6.07) is 20.1. The van der Waals surface area contributed by atoms with Crippen molar-refractivity contribution in [1.29, 1.82) is 0 Å². The second-order valence-electron chi connectivity index (χ2n) is 7.28. The van der Waals surface area contributed by atoms with Gasteiger partial charge in [0.25, 0.3) is 10.0 Å². The van der Waals surface area contributed by atoms with Crippen LogP contribution in [0.4, 0.5) is 11.4 Å². The Balaban J connectivity index is 1.78. The summed E-state index contributed by atoms with van der Waals surface area (Å²) in [4.78, 5) is 21.5. The molecule has 3 aromatic carbocycles. The molecular weight excluding hydrogens is 460 g/mol. The zero-order valence-electron chi connectivity index (χ0n) is 18.2. The van der Waals surface area contributed by atoms with Crippen molar-refractivity contribution in [1.82, 2.24) is 4.83 Å². The van der Waals surface area contributed by atoms with Crippen molar-refractivity contribution >= 4 is 32.7 Å². The Morgan fingerprint density at radius 3 is 2.03 bits per heavy atom. The highest BCUT2D eigenvalue weighted by Gasteiger charge is 2.27. The number of hydrogen-bond donors (Lipinski definition) is 1. The Morgan fingerprint density at radius 2 is 1.44 bits per heavy atom. The smallest absolute Gasteiger partial charge is 0.258 e. The number of nitrogens with one attached hydrogen (secondary N) is 1. The first-order valence-corrected chi connectivity index (χ1v) is 11.4. The van der Waals surface area contributed by atoms with Gasteiger partial charge in [0.2, 0.25) is 0 Å². The van der Waals surface area contributed by atoms with Gasteiger partial charge in [-0.15, -0.1) is 0 Å². The standard InChI is InChI=1S/C23H20N4O6S/c1-16(18-8-10-20(11-9-18)19-6-4-3-5-7-19)14-17(2)24-25-34(32,33)21-12-13-22(26(28)29)23(15-21)27(30)31/h3-15,25H,1-2H3. The number of hydrazone groups is 1. The van der Waals surface area contributed by atoms with Crippen LogP contribution in [0.15, 0.2) is 88.9 Å². The van der Waals surface area contributed by atoms with E-state index in [0.29, 0.717) is 11.8 Å². The van der Waals surface area contributed by atoms with Gasteiger partial charge in [0.15, 0.2) is 0 Å². The number of benzene rings is 3. The summed E-state index contributed by atoms with van der Waals surface area (Å²) in [6.45, 7) is 3.44. The van der Waals surface area contributed by atoms with E-state index in [1.807, 2.05) is 66.4 Å². The van der Waals surface area contributed by atoms with Crippen LogP contribution in [0.1, 0.15) is 19.4 Å². The molecule has 0 aliphatic carbocycles. The predicted octanol–water partition coefficient (Wildman–Crippen LogP) is 4.93. The summed E-state index contributed by atoms with van der Waals surface area (Å²) < 4.78 is 25.0. The molecular formula is C23H20N4O6S. The molecule has 174 valence electrons. The molecule has 0 bridgehead atoms. The van der Waals surface area contributed by atoms with Crippen molar-refractivity contribution in [3.05, 3.63) is 105 Å². The first-order valence-electron chi connectivity index (χ1n) is 9.91. The second kappa shape index (κ2) is 10.0. The molecule has 0 radical (unpaired) electrons. The molecule has 0 saturated heterocycles. The van der Waals surface area contributed by atoms with Gasteiger partial charge in [0, 0.05) is 12.1 Å². The quantitative estimate of drug-likeness (QED) is 0.275. The molecule has 0 amide bonds. The van der Waals surface area contributed by atoms with Crippen molar-refractivity contribution < 1.29 is 18.3 Å². The van der Waals surface area contributed by atoms with Crippen LogP contribution in [0.5, 0.6) is 0 Å². The summed E-state index contributed by atoms with van der Waals surface area (Å²) in [6.07, 6.45) is 1.68. The monoisotopic (exact) mass is 480 g/mol. The Kier molecular flexibility index (Phi) is 7.17. The predicted molar refractivity (Wildman–Crippen MR) is 129 cm³/mol. The van der Waals surface area contributed by atoms with Crippen LogP contribution in [-0.4, -0.2) is 24.0 Å². The third-order valence-electron chi connectivity index (χ3n) is 4.87. The molecule has 3 aromatic rings. The Bertz CT molecular complexity index is 1400. The van der Waals surface area contributed by atoms with Gasteiger partial charge in [-0.1, -0.05) is 54.6 Å². The maximum Gasteiger partial charge on any atom is 0.347 e. The van der Waals surface area contributed by atoms with E-state index in [1.165, 1.54) is 0 Å². The van der Waals surface area contributed by atoms with Gasteiger partial charge in [-0.25, -0.2) is 0 Å². The first kappa shape index (κ1) is 24.3. The lowest BCUT2D eigenvalue weighted by molar-refractivity contribution is -0.422. The molecule has 3 rings (SSSR count). The minimum absolute atomic E-state index is 0.338. The van der Waals surface area contributed by atoms with Gasteiger partial charge in [0.05, 0.1) is 20.5 Å². The Labute approximate surface area is 195 Å². The average molecular weight is 481 g/mol. The molecule has 0 saturated carbocycles. The van der Waals surface area contributed by atoms with E-state index in [2.05, 4.69) is 5.10 Å². The number of hydrogen-bond acceptors (Lipinski definition) is 7. The SMILES string of the molecule is CC(=CC(C)=NNS(=O)(=O)c1ccc([N+](=O)[O-])c([N+](=O)[O-])c1)c1ccc(-c2ccccc2)cc1. The number of nitro groups is 2. The van der Waals surface area contributed by atoms with Crippen molar-refractivity contribution in [2.24, 2.45) is 5.10 Å². The van der Waals surface area contributed by atoms with Crippen molar-refractivity contribution in [3.63, 3.8) is 0 Å². The van der Waals surface area contributed by atoms with E-state index >= 15 is 0 Å². The fraction of sp³-hybridized carbons (Fsp3) is 0.0870. The number of allylic oxidation sites excluding steroid dienone is 2. The number of nitro benzene ring substituents is 2. The highest BCUT2D eigenvalue weighted by molar-refractivity contribution is 7.89. The lowest BCUT2D eigenvalue weighted by Gasteiger charge is -2.06. The van der Waals surface area contributed by atoms with Crippen LogP contribution >= 0.6 is 0 Å². The van der Waals surface area contributed by atoms with Gasteiger partial charge in [0.1, 0.15) is 0 Å². The van der Waals surface area contributed by atoms with Crippen LogP contribution in [-0.2, 0) is 10.0 Å². The molecule has 0 aromatic heterocycles. The molecule has 0 aliphatic rings. The normalized spacial score (nSPS) is 12.3. The van der Waals surface area contributed by atoms with E-state index in [1.54, 1.807) is 13.0 Å². The number of rotatable bonds is 8. The van der Waals surface area contributed by atoms with Gasteiger partial charge in [-0.2, -0.15) is 18.4 Å². The maximum absolute atomic E-state index is 12.5. The minimum Gasteiger partial charge on any atom is -0.258 e. The molecule has 11 heteroatoms. The topological polar surface area (TPSA) is 145 Å². The summed E-state index contributed by atoms with van der Waals surface area (Å²) in [5, 5.41) is 25.8. The number of nitrogens with zero attached hydrogens (tertiary/aromatic N) is 3. The highest BCUT2D eigenvalue weighted by Crippen LogP contribution is 2.29. The van der Waals surface area contributed by atoms with Gasteiger partial charge >= 0.3 is 11.4 Å². The third-order valence-corrected chi connectivity index (χ3v) is 6.07. The van der Waals surface area contributed by atoms with E-state index in [-0.39, 0.29) is 0 Å². The van der Waals surface area contributed by atoms with Crippen LogP contribution in [0.25, 0.3) is 16.7 Å². The number of sulfonamides is 1. The van der Waals surface area contributed by atoms with Gasteiger partial charge in [-0.05, 0) is 48.3 Å². The van der Waals surface area contributed by atoms with E-state index in [0.717, 1.165) is 34.4 Å².